The van der Waals surface area contributed by atoms with Crippen molar-refractivity contribution in [1.82, 2.24) is 25.4 Å². The molecule has 4 aromatic carbocycles. The minimum atomic E-state index is -0.841. The van der Waals surface area contributed by atoms with Gasteiger partial charge in [-0.15, -0.1) is 0 Å². The second-order valence-electron chi connectivity index (χ2n) is 15.5. The molecule has 5 N–H and O–H groups in total. The number of aliphatic hydroxyl groups excluding tert-OH is 1. The van der Waals surface area contributed by atoms with Crippen LogP contribution in [0.2, 0.25) is 0 Å². The van der Waals surface area contributed by atoms with Gasteiger partial charge in [-0.1, -0.05) is 60.7 Å². The summed E-state index contributed by atoms with van der Waals surface area (Å²) in [5.41, 5.74) is 3.60. The lowest BCUT2D eigenvalue weighted by atomic mass is 9.80. The highest BCUT2D eigenvalue weighted by Crippen LogP contribution is 2.35. The van der Waals surface area contributed by atoms with E-state index < -0.39 is 11.6 Å². The quantitative estimate of drug-likeness (QED) is 0.109. The Labute approximate surface area is 331 Å². The number of aliphatic hydroxyl groups is 1. The fourth-order valence-electron chi connectivity index (χ4n) is 8.55. The Morgan fingerprint density at radius 2 is 1.58 bits per heavy atom. The van der Waals surface area contributed by atoms with Crippen LogP contribution >= 0.6 is 0 Å². The van der Waals surface area contributed by atoms with Gasteiger partial charge in [-0.2, -0.15) is 0 Å². The molecule has 0 saturated carbocycles. The van der Waals surface area contributed by atoms with Gasteiger partial charge in [0.05, 0.1) is 17.2 Å². The van der Waals surface area contributed by atoms with Gasteiger partial charge in [0.25, 0.3) is 5.91 Å². The van der Waals surface area contributed by atoms with E-state index in [0.29, 0.717) is 72.8 Å². The zero-order chi connectivity index (χ0) is 39.4. The van der Waals surface area contributed by atoms with Crippen LogP contribution in [0.1, 0.15) is 64.4 Å². The molecule has 1 aromatic heterocycles. The minimum Gasteiger partial charge on any atom is -0.506 e. The summed E-state index contributed by atoms with van der Waals surface area (Å²) in [5, 5.41) is 28.1. The van der Waals surface area contributed by atoms with Crippen LogP contribution in [0.15, 0.2) is 108 Å². The third-order valence-corrected chi connectivity index (χ3v) is 11.9. The van der Waals surface area contributed by atoms with Gasteiger partial charge >= 0.3 is 6.09 Å². The number of aromatic amines is 1. The number of phenols is 1. The molecule has 0 aliphatic carbocycles. The molecule has 2 amide bonds. The number of hydrogen-bond acceptors (Lipinski definition) is 9. The second-order valence-corrected chi connectivity index (χ2v) is 15.5. The van der Waals surface area contributed by atoms with E-state index >= 15 is 0 Å². The summed E-state index contributed by atoms with van der Waals surface area (Å²) in [6, 6.07) is 31.3. The number of ether oxygens (including phenoxy) is 2. The van der Waals surface area contributed by atoms with E-state index in [-0.39, 0.29) is 36.0 Å². The summed E-state index contributed by atoms with van der Waals surface area (Å²) in [5.74, 6) is 0.987. The van der Waals surface area contributed by atoms with Crippen LogP contribution in [0.4, 0.5) is 4.79 Å². The second kappa shape index (κ2) is 16.8. The molecule has 9 rings (SSSR count). The predicted molar refractivity (Wildman–Crippen MR) is 216 cm³/mol. The SMILES string of the molecule is O=C(NC1(c2ccccc2)CCN(C(=O)c2ccc(OCc3ccc(CNC[C@H](O)c4ccc(O)c5[nH]c(=O)ccc45)cc3)cc2)CC1)O[C@H]1CN2CCC1CC2. The maximum absolute atomic E-state index is 13.6. The summed E-state index contributed by atoms with van der Waals surface area (Å²) in [7, 11) is 0. The van der Waals surface area contributed by atoms with Gasteiger partial charge in [-0.3, -0.25) is 14.5 Å². The Bertz CT molecular complexity index is 2230. The number of piperidine rings is 4. The maximum atomic E-state index is 13.6. The number of benzene rings is 4. The highest BCUT2D eigenvalue weighted by molar-refractivity contribution is 5.94. The average Bonchev–Trinajstić information content (AvgIpc) is 3.24. The number of nitrogens with one attached hydrogen (secondary N) is 3. The van der Waals surface area contributed by atoms with Gasteiger partial charge in [0.1, 0.15) is 24.2 Å². The molecule has 4 fully saturated rings. The van der Waals surface area contributed by atoms with Gasteiger partial charge in [-0.05, 0) is 103 Å². The third-order valence-electron chi connectivity index (χ3n) is 11.9. The van der Waals surface area contributed by atoms with E-state index in [0.717, 1.165) is 49.2 Å². The van der Waals surface area contributed by atoms with Crippen LogP contribution < -0.4 is 20.9 Å². The van der Waals surface area contributed by atoms with Crippen LogP contribution in [0.5, 0.6) is 11.5 Å². The molecule has 0 radical (unpaired) electrons. The van der Waals surface area contributed by atoms with Gasteiger partial charge in [0, 0.05) is 49.7 Å². The molecule has 12 heteroatoms. The Morgan fingerprint density at radius 3 is 2.28 bits per heavy atom. The molecule has 0 unspecified atom stereocenters. The number of alkyl carbamates (subject to hydrolysis) is 1. The molecule has 5 aromatic rings. The monoisotopic (exact) mass is 771 g/mol. The van der Waals surface area contributed by atoms with Crippen molar-refractivity contribution in [3.63, 3.8) is 0 Å². The molecular weight excluding hydrogens is 723 g/mol. The Kier molecular flexibility index (Phi) is 11.3. The smallest absolute Gasteiger partial charge is 0.408 e. The Hall–Kier alpha value is -5.69. The molecular formula is C45H49N5O7. The average molecular weight is 772 g/mol. The van der Waals surface area contributed by atoms with Crippen molar-refractivity contribution < 1.29 is 29.3 Å². The Morgan fingerprint density at radius 1 is 0.860 bits per heavy atom. The highest BCUT2D eigenvalue weighted by Gasteiger charge is 2.41. The fourth-order valence-corrected chi connectivity index (χ4v) is 8.55. The van der Waals surface area contributed by atoms with Crippen molar-refractivity contribution in [2.75, 3.05) is 39.3 Å². The number of fused-ring (bicyclic) bond motifs is 4. The Balaban J connectivity index is 0.805. The van der Waals surface area contributed by atoms with Crippen molar-refractivity contribution in [2.24, 2.45) is 5.92 Å². The molecule has 4 aliphatic heterocycles. The zero-order valence-electron chi connectivity index (χ0n) is 31.9. The first-order valence-corrected chi connectivity index (χ1v) is 19.8. The summed E-state index contributed by atoms with van der Waals surface area (Å²) in [6.07, 6.45) is 2.01. The van der Waals surface area contributed by atoms with Crippen LogP contribution in [0.3, 0.4) is 0 Å². The molecule has 4 saturated heterocycles. The number of carbonyl (C=O) groups is 2. The normalized spacial score (nSPS) is 20.5. The summed E-state index contributed by atoms with van der Waals surface area (Å²) in [4.78, 5) is 45.5. The zero-order valence-corrected chi connectivity index (χ0v) is 31.9. The summed E-state index contributed by atoms with van der Waals surface area (Å²) in [6.45, 7) is 5.14. The number of aromatic hydroxyl groups is 1. The molecule has 2 bridgehead atoms. The first-order chi connectivity index (χ1) is 27.7. The van der Waals surface area contributed by atoms with Crippen molar-refractivity contribution in [3.8, 4) is 11.5 Å². The number of pyridine rings is 1. The number of hydrogen-bond donors (Lipinski definition) is 5. The van der Waals surface area contributed by atoms with E-state index in [1.807, 2.05) is 71.6 Å². The van der Waals surface area contributed by atoms with Crippen molar-refractivity contribution in [1.29, 1.82) is 0 Å². The third kappa shape index (κ3) is 8.68. The van der Waals surface area contributed by atoms with Crippen LogP contribution in [0.25, 0.3) is 10.9 Å². The lowest BCUT2D eigenvalue weighted by molar-refractivity contribution is -0.0366. The lowest BCUT2D eigenvalue weighted by Crippen LogP contribution is -2.56. The first-order valence-electron chi connectivity index (χ1n) is 19.8. The maximum Gasteiger partial charge on any atom is 0.408 e. The molecule has 12 nitrogen and oxygen atoms in total. The number of likely N-dealkylation sites (tertiary alicyclic amines) is 1. The number of aromatic nitrogens is 1. The summed E-state index contributed by atoms with van der Waals surface area (Å²) < 4.78 is 12.1. The molecule has 0 spiro atoms. The number of carbonyl (C=O) groups excluding carboxylic acids is 2. The first kappa shape index (κ1) is 38.2. The van der Waals surface area contributed by atoms with Crippen LogP contribution in [0, 0.1) is 5.92 Å². The van der Waals surface area contributed by atoms with Crippen molar-refractivity contribution >= 4 is 22.9 Å². The van der Waals surface area contributed by atoms with Gasteiger partial charge in [0.2, 0.25) is 5.56 Å². The topological polar surface area (TPSA) is 156 Å². The molecule has 2 atom stereocenters. The number of rotatable bonds is 12. The van der Waals surface area contributed by atoms with Crippen LogP contribution in [-0.4, -0.2) is 82.4 Å². The van der Waals surface area contributed by atoms with E-state index in [2.05, 4.69) is 20.5 Å². The molecule has 4 aliphatic rings. The van der Waals surface area contributed by atoms with Crippen molar-refractivity contribution in [2.45, 2.75) is 56.6 Å². The highest BCUT2D eigenvalue weighted by atomic mass is 16.6. The van der Waals surface area contributed by atoms with Crippen LogP contribution in [-0.2, 0) is 23.4 Å². The van der Waals surface area contributed by atoms with E-state index in [1.165, 1.54) is 12.1 Å². The molecule has 57 heavy (non-hydrogen) atoms. The summed E-state index contributed by atoms with van der Waals surface area (Å²) >= 11 is 0. The predicted octanol–water partition coefficient (Wildman–Crippen LogP) is 5.59. The fraction of sp³-hybridized carbons (Fsp3) is 0.356. The minimum absolute atomic E-state index is 0.0444. The van der Waals surface area contributed by atoms with Gasteiger partial charge < -0.3 is 40.2 Å². The largest absolute Gasteiger partial charge is 0.506 e. The van der Waals surface area contributed by atoms with Gasteiger partial charge in [-0.25, -0.2) is 4.79 Å². The number of phenolic OH excluding ortho intramolecular Hbond substituents is 1. The molecule has 5 heterocycles. The lowest BCUT2D eigenvalue weighted by Gasteiger charge is -2.45. The molecule has 296 valence electrons. The number of amides is 2. The van der Waals surface area contributed by atoms with E-state index in [4.69, 9.17) is 9.47 Å². The van der Waals surface area contributed by atoms with Gasteiger partial charge in [0.15, 0.2) is 0 Å². The standard InChI is InChI=1S/C45H49N5O7/c51-38-16-14-36(37-15-17-41(53)47-42(37)38)39(52)27-46-26-30-6-8-31(9-7-30)29-56-35-12-10-33(11-13-35)43(54)50-24-20-45(21-25-50,34-4-2-1-3-5-34)48-44(55)57-40-28-49-22-18-32(40)19-23-49/h1-17,32,39-40,46,51-52H,18-29H2,(H,47,53)(H,48,55)/t39-,40-/m0/s1. The van der Waals surface area contributed by atoms with E-state index in [9.17, 15) is 24.6 Å². The van der Waals surface area contributed by atoms with E-state index in [1.54, 1.807) is 24.3 Å². The number of nitrogens with zero attached hydrogens (tertiary/aromatic N) is 2. The number of H-pyrrole nitrogens is 1. The van der Waals surface area contributed by atoms with Crippen molar-refractivity contribution in [3.05, 3.63) is 141 Å².